The summed E-state index contributed by atoms with van der Waals surface area (Å²) < 4.78 is 22.6. The van der Waals surface area contributed by atoms with Crippen LogP contribution < -0.4 is 10.6 Å². The summed E-state index contributed by atoms with van der Waals surface area (Å²) >= 11 is 0. The molecule has 2 aromatic rings. The molecule has 4 amide bonds. The number of H-pyrrole nitrogens is 2. The van der Waals surface area contributed by atoms with Crippen LogP contribution in [0.3, 0.4) is 0 Å². The van der Waals surface area contributed by atoms with Crippen molar-refractivity contribution in [1.29, 1.82) is 0 Å². The first-order valence-electron chi connectivity index (χ1n) is 42.9. The van der Waals surface area contributed by atoms with Crippen molar-refractivity contribution in [2.75, 3.05) is 65.8 Å². The van der Waals surface area contributed by atoms with E-state index in [0.29, 0.717) is 26.2 Å². The zero-order valence-corrected chi connectivity index (χ0v) is 65.6. The number of aromatic amines is 2. The molecule has 16 nitrogen and oxygen atoms in total. The second-order valence-corrected chi connectivity index (χ2v) is 29.5. The van der Waals surface area contributed by atoms with Gasteiger partial charge in [-0.15, -0.1) is 0 Å². The number of nitrogens with zero attached hydrogens (tertiary/aromatic N) is 4. The van der Waals surface area contributed by atoms with Crippen molar-refractivity contribution in [1.82, 2.24) is 40.4 Å². The Hall–Kier alpha value is -4.18. The number of hydrogen-bond donors (Lipinski definition) is 4. The van der Waals surface area contributed by atoms with Crippen LogP contribution in [0.1, 0.15) is 399 Å². The van der Waals surface area contributed by atoms with Crippen molar-refractivity contribution in [2.24, 2.45) is 0 Å². The van der Waals surface area contributed by atoms with Gasteiger partial charge in [0.25, 0.3) is 0 Å². The van der Waals surface area contributed by atoms with Crippen LogP contribution in [-0.4, -0.2) is 132 Å². The minimum absolute atomic E-state index is 0.00334. The standard InChI is InChI=1S/C84H158N8O8/c1-5-9-13-17-21-25-29-33-37-41-45-49-53-57-61-91(62-58-54-50-46-42-38-34-30-26-22-18-14-10-6-2)81(93)79(71-77-73-85-75-87-77)89-83(95)99-69-67-97-65-66-98-68-70-100-84(96)90-80(72-78-74-86-76-88-78)82(94)92(63-59-55-51-47-43-39-35-31-27-23-19-15-11-7-3)64-60-56-52-48-44-40-36-32-28-24-20-16-12-8-4/h73-76,79-80H,5-72H2,1-4H3,(H,85,87)(H,86,88)(H,89,95)(H,90,96)/t79-,80-/m0/s1. The van der Waals surface area contributed by atoms with E-state index in [2.05, 4.69) is 58.3 Å². The zero-order chi connectivity index (χ0) is 71.8. The first-order valence-corrected chi connectivity index (χ1v) is 42.9. The summed E-state index contributed by atoms with van der Waals surface area (Å²) in [4.78, 5) is 74.4. The molecule has 0 unspecified atom stereocenters. The van der Waals surface area contributed by atoms with E-state index >= 15 is 0 Å². The normalized spacial score (nSPS) is 12.1. The van der Waals surface area contributed by atoms with E-state index in [1.807, 2.05) is 9.80 Å². The molecule has 0 spiro atoms. The summed E-state index contributed by atoms with van der Waals surface area (Å²) in [6.45, 7) is 12.6. The van der Waals surface area contributed by atoms with Gasteiger partial charge in [0.15, 0.2) is 0 Å². The van der Waals surface area contributed by atoms with Crippen molar-refractivity contribution in [3.8, 4) is 0 Å². The van der Waals surface area contributed by atoms with Crippen molar-refractivity contribution < 1.29 is 38.1 Å². The Balaban J connectivity index is 1.86. The molecule has 0 aromatic carbocycles. The molecule has 100 heavy (non-hydrogen) atoms. The number of amides is 4. The third-order valence-electron chi connectivity index (χ3n) is 20.2. The number of carbonyl (C=O) groups excluding carboxylic acids is 4. The number of unbranched alkanes of at least 4 members (excludes halogenated alkanes) is 52. The Kier molecular flexibility index (Phi) is 66.0. The molecule has 0 saturated carbocycles. The lowest BCUT2D eigenvalue weighted by Crippen LogP contribution is -2.50. The molecule has 2 atom stereocenters. The fraction of sp³-hybridized carbons (Fsp3) is 0.881. The molecule has 4 N–H and O–H groups in total. The molecule has 0 aliphatic heterocycles. The average Bonchev–Trinajstić information content (AvgIpc) is 1.46. The van der Waals surface area contributed by atoms with E-state index in [4.69, 9.17) is 18.9 Å². The molecule has 582 valence electrons. The SMILES string of the molecule is CCCCCCCCCCCCCCCCN(CCCCCCCCCCCCCCCC)C(=O)[C@H](Cc1cnc[nH]1)NC(=O)OCCOCCOCCOC(=O)N[C@@H](Cc1cnc[nH]1)C(=O)N(CCCCCCCCCCCCCCCC)CCCCCCCCCCCCCCCC. The molecule has 0 aliphatic carbocycles. The molecule has 2 rings (SSSR count). The predicted molar refractivity (Wildman–Crippen MR) is 417 cm³/mol. The summed E-state index contributed by atoms with van der Waals surface area (Å²) in [7, 11) is 0. The first kappa shape index (κ1) is 91.9. The third-order valence-corrected chi connectivity index (χ3v) is 20.2. The maximum atomic E-state index is 14.5. The number of alkyl carbamates (subject to hydrolysis) is 2. The van der Waals surface area contributed by atoms with Crippen LogP contribution in [0, 0.1) is 0 Å². The van der Waals surface area contributed by atoms with Crippen LogP contribution in [0.4, 0.5) is 9.59 Å². The molecule has 0 aliphatic rings. The van der Waals surface area contributed by atoms with Crippen molar-refractivity contribution in [3.63, 3.8) is 0 Å². The molecule has 16 heteroatoms. The molecule has 0 fully saturated rings. The van der Waals surface area contributed by atoms with E-state index in [9.17, 15) is 19.2 Å². The number of ether oxygens (including phenoxy) is 4. The highest BCUT2D eigenvalue weighted by Gasteiger charge is 2.29. The average molecular weight is 1410 g/mol. The Morgan fingerprint density at radius 2 is 0.510 bits per heavy atom. The van der Waals surface area contributed by atoms with Crippen LogP contribution in [0.2, 0.25) is 0 Å². The monoisotopic (exact) mass is 1410 g/mol. The maximum Gasteiger partial charge on any atom is 0.407 e. The summed E-state index contributed by atoms with van der Waals surface area (Å²) in [5, 5.41) is 5.81. The number of nitrogens with one attached hydrogen (secondary N) is 4. The Morgan fingerprint density at radius 1 is 0.310 bits per heavy atom. The summed E-state index contributed by atoms with van der Waals surface area (Å²) in [5.74, 6) is -0.174. The number of rotatable bonds is 77. The smallest absolute Gasteiger partial charge is 0.407 e. The lowest BCUT2D eigenvalue weighted by molar-refractivity contribution is -0.134. The summed E-state index contributed by atoms with van der Waals surface area (Å²) in [6.07, 6.45) is 77.6. The van der Waals surface area contributed by atoms with Crippen molar-refractivity contribution in [3.05, 3.63) is 36.4 Å². The van der Waals surface area contributed by atoms with E-state index < -0.39 is 24.3 Å². The van der Waals surface area contributed by atoms with Crippen LogP contribution in [-0.2, 0) is 41.4 Å². The maximum absolute atomic E-state index is 14.5. The van der Waals surface area contributed by atoms with Gasteiger partial charge in [0.05, 0.1) is 39.1 Å². The van der Waals surface area contributed by atoms with E-state index in [-0.39, 0.29) is 64.3 Å². The van der Waals surface area contributed by atoms with Gasteiger partial charge in [0.1, 0.15) is 25.3 Å². The second kappa shape index (κ2) is 71.8. The molecule has 2 heterocycles. The quantitative estimate of drug-likeness (QED) is 0.0463. The number of carbonyl (C=O) groups is 4. The first-order chi connectivity index (χ1) is 49.3. The van der Waals surface area contributed by atoms with Gasteiger partial charge in [0, 0.05) is 62.8 Å². The van der Waals surface area contributed by atoms with Crippen LogP contribution in [0.25, 0.3) is 0 Å². The highest BCUT2D eigenvalue weighted by Crippen LogP contribution is 2.20. The fourth-order valence-electron chi connectivity index (χ4n) is 13.8. The van der Waals surface area contributed by atoms with Gasteiger partial charge in [-0.25, -0.2) is 19.6 Å². The third kappa shape index (κ3) is 57.3. The van der Waals surface area contributed by atoms with Crippen LogP contribution >= 0.6 is 0 Å². The highest BCUT2D eigenvalue weighted by molar-refractivity contribution is 5.86. The molecule has 0 bridgehead atoms. The van der Waals surface area contributed by atoms with Gasteiger partial charge >= 0.3 is 12.2 Å². The highest BCUT2D eigenvalue weighted by atomic mass is 16.6. The number of hydrogen-bond acceptors (Lipinski definition) is 10. The molecule has 0 saturated heterocycles. The summed E-state index contributed by atoms with van der Waals surface area (Å²) in [5.41, 5.74) is 1.53. The molecule has 2 aromatic heterocycles. The minimum atomic E-state index is -0.811. The number of imidazole rings is 2. The second-order valence-electron chi connectivity index (χ2n) is 29.5. The van der Waals surface area contributed by atoms with Crippen molar-refractivity contribution in [2.45, 2.75) is 412 Å². The van der Waals surface area contributed by atoms with Gasteiger partial charge in [0.2, 0.25) is 11.8 Å². The van der Waals surface area contributed by atoms with E-state index in [1.54, 1.807) is 25.0 Å². The minimum Gasteiger partial charge on any atom is -0.447 e. The Labute approximate surface area is 614 Å². The van der Waals surface area contributed by atoms with Crippen molar-refractivity contribution >= 4 is 24.0 Å². The lowest BCUT2D eigenvalue weighted by atomic mass is 10.0. The predicted octanol–water partition coefficient (Wildman–Crippen LogP) is 22.7. The fourth-order valence-corrected chi connectivity index (χ4v) is 13.8. The van der Waals surface area contributed by atoms with Gasteiger partial charge in [-0.2, -0.15) is 0 Å². The van der Waals surface area contributed by atoms with Gasteiger partial charge < -0.3 is 49.3 Å². The van der Waals surface area contributed by atoms with Crippen LogP contribution in [0.5, 0.6) is 0 Å². The molecular formula is C84H158N8O8. The number of aromatic nitrogens is 4. The van der Waals surface area contributed by atoms with Gasteiger partial charge in [-0.3, -0.25) is 9.59 Å². The molecular weight excluding hydrogens is 1250 g/mol. The van der Waals surface area contributed by atoms with E-state index in [0.717, 1.165) is 62.8 Å². The van der Waals surface area contributed by atoms with Crippen LogP contribution in [0.15, 0.2) is 25.0 Å². The largest absolute Gasteiger partial charge is 0.447 e. The Morgan fingerprint density at radius 3 is 0.710 bits per heavy atom. The van der Waals surface area contributed by atoms with E-state index in [1.165, 1.54) is 308 Å². The van der Waals surface area contributed by atoms with Gasteiger partial charge in [-0.1, -0.05) is 362 Å². The summed E-state index contributed by atoms with van der Waals surface area (Å²) in [6, 6.07) is -1.62. The van der Waals surface area contributed by atoms with Gasteiger partial charge in [-0.05, 0) is 25.7 Å². The lowest BCUT2D eigenvalue weighted by Gasteiger charge is -2.28. The topological polar surface area (TPSA) is 193 Å². The zero-order valence-electron chi connectivity index (χ0n) is 65.6. The Bertz CT molecular complexity index is 1840. The molecule has 0 radical (unpaired) electrons.